The van der Waals surface area contributed by atoms with Gasteiger partial charge in [0.2, 0.25) is 5.91 Å². The smallest absolute Gasteiger partial charge is 0.263 e. The van der Waals surface area contributed by atoms with Gasteiger partial charge >= 0.3 is 0 Å². The second kappa shape index (κ2) is 8.08. The Labute approximate surface area is 166 Å². The molecule has 0 radical (unpaired) electrons. The Bertz CT molecular complexity index is 1060. The standard InChI is InChI=1S/C18H16ClN3O3S2/c1-12-3-2-4-14(9-12)20-17(23)10-15-11-26-18(21-15)22-27(24,25)16-7-5-13(19)6-8-16/h2-9,11H,10H2,1H3,(H,20,23)(H,21,22). The number of aryl methyl sites for hydroxylation is 1. The fourth-order valence-electron chi connectivity index (χ4n) is 2.32. The molecule has 0 fully saturated rings. The zero-order valence-electron chi connectivity index (χ0n) is 14.3. The number of halogens is 1. The molecular weight excluding hydrogens is 406 g/mol. The van der Waals surface area contributed by atoms with E-state index < -0.39 is 10.0 Å². The lowest BCUT2D eigenvalue weighted by Crippen LogP contribution is -2.15. The van der Waals surface area contributed by atoms with Crippen LogP contribution in [-0.2, 0) is 21.2 Å². The highest BCUT2D eigenvalue weighted by Crippen LogP contribution is 2.22. The molecule has 3 aromatic rings. The first-order valence-electron chi connectivity index (χ1n) is 7.91. The maximum atomic E-state index is 12.4. The van der Waals surface area contributed by atoms with Crippen molar-refractivity contribution in [1.29, 1.82) is 0 Å². The molecule has 0 unspecified atom stereocenters. The van der Waals surface area contributed by atoms with Crippen molar-refractivity contribution in [2.75, 3.05) is 10.0 Å². The van der Waals surface area contributed by atoms with E-state index in [1.807, 2.05) is 25.1 Å². The van der Waals surface area contributed by atoms with Crippen LogP contribution in [0, 0.1) is 6.92 Å². The zero-order valence-corrected chi connectivity index (χ0v) is 16.7. The molecule has 3 rings (SSSR count). The molecule has 0 aliphatic heterocycles. The van der Waals surface area contributed by atoms with Crippen LogP contribution in [0.4, 0.5) is 10.8 Å². The van der Waals surface area contributed by atoms with Gasteiger partial charge in [0.25, 0.3) is 10.0 Å². The van der Waals surface area contributed by atoms with Gasteiger partial charge in [-0.25, -0.2) is 13.4 Å². The summed E-state index contributed by atoms with van der Waals surface area (Å²) in [4.78, 5) is 16.4. The summed E-state index contributed by atoms with van der Waals surface area (Å²) in [6, 6.07) is 13.3. The molecule has 2 N–H and O–H groups in total. The normalized spacial score (nSPS) is 11.2. The quantitative estimate of drug-likeness (QED) is 0.627. The van der Waals surface area contributed by atoms with Crippen molar-refractivity contribution in [1.82, 2.24) is 4.98 Å². The van der Waals surface area contributed by atoms with E-state index in [1.54, 1.807) is 11.4 Å². The Kier molecular flexibility index (Phi) is 5.79. The SMILES string of the molecule is Cc1cccc(NC(=O)Cc2csc(NS(=O)(=O)c3ccc(Cl)cc3)n2)c1. The third-order valence-corrected chi connectivity index (χ3v) is 6.08. The minimum atomic E-state index is -3.76. The van der Waals surface area contributed by atoms with Crippen LogP contribution in [0.25, 0.3) is 0 Å². The lowest BCUT2D eigenvalue weighted by molar-refractivity contribution is -0.115. The van der Waals surface area contributed by atoms with Gasteiger partial charge in [0.05, 0.1) is 17.0 Å². The maximum Gasteiger partial charge on any atom is 0.263 e. The zero-order chi connectivity index (χ0) is 19.4. The predicted octanol–water partition coefficient (Wildman–Crippen LogP) is 4.09. The Morgan fingerprint density at radius 3 is 2.63 bits per heavy atom. The number of amides is 1. The number of carbonyl (C=O) groups excluding carboxylic acids is 1. The number of thiazole rings is 1. The first-order chi connectivity index (χ1) is 12.8. The van der Waals surface area contributed by atoms with E-state index in [4.69, 9.17) is 11.6 Å². The topological polar surface area (TPSA) is 88.2 Å². The van der Waals surface area contributed by atoms with Crippen LogP contribution in [0.2, 0.25) is 5.02 Å². The predicted molar refractivity (Wildman–Crippen MR) is 108 cm³/mol. The third-order valence-electron chi connectivity index (χ3n) is 3.54. The number of anilines is 2. The number of nitrogens with one attached hydrogen (secondary N) is 2. The van der Waals surface area contributed by atoms with Crippen molar-refractivity contribution >= 4 is 49.7 Å². The van der Waals surface area contributed by atoms with Crippen molar-refractivity contribution in [3.63, 3.8) is 0 Å². The van der Waals surface area contributed by atoms with E-state index >= 15 is 0 Å². The summed E-state index contributed by atoms with van der Waals surface area (Å²) in [5, 5.41) is 5.09. The van der Waals surface area contributed by atoms with E-state index in [0.717, 1.165) is 16.9 Å². The molecular formula is C18H16ClN3O3S2. The molecule has 0 saturated carbocycles. The average Bonchev–Trinajstić information content (AvgIpc) is 3.01. The number of sulfonamides is 1. The lowest BCUT2D eigenvalue weighted by atomic mass is 10.2. The van der Waals surface area contributed by atoms with Crippen molar-refractivity contribution in [3.05, 3.63) is 70.2 Å². The van der Waals surface area contributed by atoms with E-state index in [0.29, 0.717) is 16.4 Å². The Morgan fingerprint density at radius 2 is 1.93 bits per heavy atom. The second-order valence-corrected chi connectivity index (χ2v) is 8.77. The summed E-state index contributed by atoms with van der Waals surface area (Å²) in [5.41, 5.74) is 2.23. The first-order valence-corrected chi connectivity index (χ1v) is 10.7. The number of aromatic nitrogens is 1. The molecule has 0 spiro atoms. The van der Waals surface area contributed by atoms with E-state index in [2.05, 4.69) is 15.0 Å². The monoisotopic (exact) mass is 421 g/mol. The summed E-state index contributed by atoms with van der Waals surface area (Å²) >= 11 is 6.89. The largest absolute Gasteiger partial charge is 0.326 e. The number of nitrogens with zero attached hydrogens (tertiary/aromatic N) is 1. The van der Waals surface area contributed by atoms with Gasteiger partial charge in [-0.3, -0.25) is 9.52 Å². The van der Waals surface area contributed by atoms with Crippen molar-refractivity contribution in [2.24, 2.45) is 0 Å². The van der Waals surface area contributed by atoms with E-state index in [1.165, 1.54) is 24.3 Å². The van der Waals surface area contributed by atoms with Gasteiger partial charge in [-0.2, -0.15) is 0 Å². The third kappa shape index (κ3) is 5.29. The molecule has 2 aromatic carbocycles. The number of carbonyl (C=O) groups is 1. The number of benzene rings is 2. The summed E-state index contributed by atoms with van der Waals surface area (Å²) in [6.45, 7) is 1.94. The van der Waals surface area contributed by atoms with Crippen LogP contribution < -0.4 is 10.0 Å². The molecule has 0 aliphatic rings. The molecule has 0 bridgehead atoms. The molecule has 0 saturated heterocycles. The van der Waals surface area contributed by atoms with Crippen LogP contribution in [0.3, 0.4) is 0 Å². The van der Waals surface area contributed by atoms with Gasteiger partial charge in [-0.05, 0) is 48.9 Å². The fraction of sp³-hybridized carbons (Fsp3) is 0.111. The second-order valence-electron chi connectivity index (χ2n) is 5.80. The summed E-state index contributed by atoms with van der Waals surface area (Å²) < 4.78 is 27.1. The first kappa shape index (κ1) is 19.3. The van der Waals surface area contributed by atoms with Gasteiger partial charge in [-0.1, -0.05) is 23.7 Å². The molecule has 140 valence electrons. The molecule has 1 amide bonds. The summed E-state index contributed by atoms with van der Waals surface area (Å²) in [7, 11) is -3.76. The minimum Gasteiger partial charge on any atom is -0.326 e. The molecule has 9 heteroatoms. The van der Waals surface area contributed by atoms with Gasteiger partial charge in [0, 0.05) is 16.1 Å². The highest BCUT2D eigenvalue weighted by molar-refractivity contribution is 7.93. The van der Waals surface area contributed by atoms with Crippen LogP contribution in [0.1, 0.15) is 11.3 Å². The number of hydrogen-bond donors (Lipinski definition) is 2. The molecule has 0 aliphatic carbocycles. The summed E-state index contributed by atoms with van der Waals surface area (Å²) in [5.74, 6) is -0.224. The van der Waals surface area contributed by atoms with E-state index in [9.17, 15) is 13.2 Å². The van der Waals surface area contributed by atoms with Crippen LogP contribution in [0.5, 0.6) is 0 Å². The average molecular weight is 422 g/mol. The van der Waals surface area contributed by atoms with Crippen molar-refractivity contribution in [2.45, 2.75) is 18.2 Å². The van der Waals surface area contributed by atoms with Gasteiger partial charge in [-0.15, -0.1) is 11.3 Å². The lowest BCUT2D eigenvalue weighted by Gasteiger charge is -2.05. The van der Waals surface area contributed by atoms with Crippen LogP contribution >= 0.6 is 22.9 Å². The van der Waals surface area contributed by atoms with Gasteiger partial charge in [0.1, 0.15) is 0 Å². The highest BCUT2D eigenvalue weighted by atomic mass is 35.5. The van der Waals surface area contributed by atoms with Crippen molar-refractivity contribution < 1.29 is 13.2 Å². The minimum absolute atomic E-state index is 0.0487. The Balaban J connectivity index is 1.64. The highest BCUT2D eigenvalue weighted by Gasteiger charge is 2.17. The maximum absolute atomic E-state index is 12.4. The van der Waals surface area contributed by atoms with Crippen molar-refractivity contribution in [3.8, 4) is 0 Å². The number of hydrogen-bond acceptors (Lipinski definition) is 5. The van der Waals surface area contributed by atoms with Gasteiger partial charge in [0.15, 0.2) is 5.13 Å². The number of rotatable bonds is 6. The molecule has 1 heterocycles. The van der Waals surface area contributed by atoms with E-state index in [-0.39, 0.29) is 22.4 Å². The summed E-state index contributed by atoms with van der Waals surface area (Å²) in [6.07, 6.45) is 0.0487. The fourth-order valence-corrected chi connectivity index (χ4v) is 4.40. The van der Waals surface area contributed by atoms with Gasteiger partial charge < -0.3 is 5.32 Å². The molecule has 6 nitrogen and oxygen atoms in total. The molecule has 27 heavy (non-hydrogen) atoms. The van der Waals surface area contributed by atoms with Crippen LogP contribution in [-0.4, -0.2) is 19.3 Å². The Morgan fingerprint density at radius 1 is 1.19 bits per heavy atom. The molecule has 0 atom stereocenters. The Hall–Kier alpha value is -2.42. The van der Waals surface area contributed by atoms with Crippen LogP contribution in [0.15, 0.2) is 58.8 Å². The molecule has 1 aromatic heterocycles.